The van der Waals surface area contributed by atoms with Crippen molar-refractivity contribution in [1.29, 1.82) is 0 Å². The van der Waals surface area contributed by atoms with Crippen LogP contribution in [0.2, 0.25) is 0 Å². The largest absolute Gasteiger partial charge is 0.490 e. The number of carboxylic acid groups (broad SMARTS) is 1. The molecule has 1 aromatic carbocycles. The third-order valence-corrected chi connectivity index (χ3v) is 2.12. The van der Waals surface area contributed by atoms with Crippen LogP contribution in [0, 0.1) is 15.9 Å². The molecular weight excluding hydrogens is 275 g/mol. The molecule has 0 saturated heterocycles. The second-order valence-corrected chi connectivity index (χ2v) is 3.73. The van der Waals surface area contributed by atoms with Gasteiger partial charge in [0.05, 0.1) is 30.1 Å². The number of nitrogens with zero attached hydrogens (tertiary/aromatic N) is 1. The molecule has 0 radical (unpaired) electrons. The molecule has 0 heterocycles. The van der Waals surface area contributed by atoms with E-state index in [0.717, 1.165) is 13.0 Å². The van der Waals surface area contributed by atoms with Gasteiger partial charge < -0.3 is 15.2 Å². The fourth-order valence-electron chi connectivity index (χ4n) is 1.33. The van der Waals surface area contributed by atoms with Gasteiger partial charge in [-0.2, -0.15) is 0 Å². The number of nitro benzene ring substituents is 1. The number of benzene rings is 1. The van der Waals surface area contributed by atoms with Gasteiger partial charge in [0, 0.05) is 6.92 Å². The summed E-state index contributed by atoms with van der Waals surface area (Å²) in [5.74, 6) is -3.08. The average molecular weight is 286 g/mol. The second kappa shape index (κ2) is 6.45. The van der Waals surface area contributed by atoms with Gasteiger partial charge in [0.15, 0.2) is 11.6 Å². The van der Waals surface area contributed by atoms with Crippen LogP contribution in [0.1, 0.15) is 13.3 Å². The zero-order valence-corrected chi connectivity index (χ0v) is 10.4. The Bertz CT molecular complexity index is 560. The van der Waals surface area contributed by atoms with Crippen LogP contribution in [0.25, 0.3) is 0 Å². The van der Waals surface area contributed by atoms with Crippen LogP contribution < -0.4 is 10.1 Å². The van der Waals surface area contributed by atoms with E-state index in [4.69, 9.17) is 9.84 Å². The zero-order chi connectivity index (χ0) is 15.3. The first-order valence-corrected chi connectivity index (χ1v) is 5.41. The fraction of sp³-hybridized carbons (Fsp3) is 0.273. The summed E-state index contributed by atoms with van der Waals surface area (Å²) in [5, 5.41) is 21.2. The number of hydrogen-bond donors (Lipinski definition) is 2. The maximum absolute atomic E-state index is 13.7. The van der Waals surface area contributed by atoms with Crippen LogP contribution in [-0.2, 0) is 9.59 Å². The Kier molecular flexibility index (Phi) is 4.95. The quantitative estimate of drug-likeness (QED) is 0.604. The molecule has 20 heavy (non-hydrogen) atoms. The molecule has 0 bridgehead atoms. The highest BCUT2D eigenvalue weighted by molar-refractivity contribution is 5.90. The summed E-state index contributed by atoms with van der Waals surface area (Å²) in [5.41, 5.74) is -0.935. The highest BCUT2D eigenvalue weighted by Gasteiger charge is 2.19. The van der Waals surface area contributed by atoms with E-state index >= 15 is 0 Å². The van der Waals surface area contributed by atoms with Gasteiger partial charge in [0.1, 0.15) is 5.69 Å². The summed E-state index contributed by atoms with van der Waals surface area (Å²) < 4.78 is 18.7. The molecule has 1 aromatic rings. The number of amides is 1. The molecule has 0 unspecified atom stereocenters. The van der Waals surface area contributed by atoms with Crippen LogP contribution in [0.4, 0.5) is 15.8 Å². The lowest BCUT2D eigenvalue weighted by Gasteiger charge is -2.11. The molecule has 0 saturated carbocycles. The molecule has 0 spiro atoms. The standard InChI is InChI=1S/C11H11FN2O6/c1-6(15)13-11-8(12)4-7(14(18)19)5-9(11)20-3-2-10(16)17/h4-5H,2-3H2,1H3,(H,13,15)(H,16,17). The van der Waals surface area contributed by atoms with Crippen molar-refractivity contribution < 1.29 is 28.7 Å². The van der Waals surface area contributed by atoms with E-state index in [1.165, 1.54) is 0 Å². The first-order chi connectivity index (χ1) is 9.31. The third-order valence-electron chi connectivity index (χ3n) is 2.12. The molecule has 0 aliphatic heterocycles. The van der Waals surface area contributed by atoms with Crippen molar-refractivity contribution in [3.63, 3.8) is 0 Å². The molecule has 0 aliphatic rings. The topological polar surface area (TPSA) is 119 Å². The number of aliphatic carboxylic acids is 1. The van der Waals surface area contributed by atoms with Gasteiger partial charge in [-0.1, -0.05) is 0 Å². The van der Waals surface area contributed by atoms with Gasteiger partial charge in [-0.3, -0.25) is 19.7 Å². The molecule has 1 rings (SSSR count). The summed E-state index contributed by atoms with van der Waals surface area (Å²) in [6.45, 7) is 0.810. The second-order valence-electron chi connectivity index (χ2n) is 3.73. The number of ether oxygens (including phenoxy) is 1. The Balaban J connectivity index is 3.09. The van der Waals surface area contributed by atoms with Crippen molar-refractivity contribution in [1.82, 2.24) is 0 Å². The molecule has 9 heteroatoms. The average Bonchev–Trinajstić information content (AvgIpc) is 2.31. The molecule has 0 atom stereocenters. The van der Waals surface area contributed by atoms with Crippen molar-refractivity contribution in [2.75, 3.05) is 11.9 Å². The van der Waals surface area contributed by atoms with Crippen molar-refractivity contribution >= 4 is 23.3 Å². The number of anilines is 1. The minimum atomic E-state index is -1.14. The molecule has 2 N–H and O–H groups in total. The number of hydrogen-bond acceptors (Lipinski definition) is 5. The number of nitro groups is 1. The maximum atomic E-state index is 13.7. The molecule has 0 aliphatic carbocycles. The molecule has 108 valence electrons. The highest BCUT2D eigenvalue weighted by atomic mass is 19.1. The SMILES string of the molecule is CC(=O)Nc1c(F)cc([N+](=O)[O-])cc1OCCC(=O)O. The van der Waals surface area contributed by atoms with Gasteiger partial charge in [-0.05, 0) is 0 Å². The van der Waals surface area contributed by atoms with Crippen molar-refractivity contribution in [2.45, 2.75) is 13.3 Å². The number of carboxylic acids is 1. The minimum absolute atomic E-state index is 0.298. The van der Waals surface area contributed by atoms with Crippen molar-refractivity contribution in [3.8, 4) is 5.75 Å². The monoisotopic (exact) mass is 286 g/mol. The number of rotatable bonds is 6. The van der Waals surface area contributed by atoms with Crippen LogP contribution in [0.3, 0.4) is 0 Å². The molecule has 0 fully saturated rings. The fourth-order valence-corrected chi connectivity index (χ4v) is 1.33. The van der Waals surface area contributed by atoms with E-state index in [2.05, 4.69) is 5.32 Å². The Hall–Kier alpha value is -2.71. The number of carbonyl (C=O) groups excluding carboxylic acids is 1. The van der Waals surface area contributed by atoms with Crippen LogP contribution in [-0.4, -0.2) is 28.5 Å². The summed E-state index contributed by atoms with van der Waals surface area (Å²) in [6.07, 6.45) is -0.371. The Morgan fingerprint density at radius 1 is 1.50 bits per heavy atom. The summed E-state index contributed by atoms with van der Waals surface area (Å²) in [7, 11) is 0. The molecule has 1 amide bonds. The summed E-state index contributed by atoms with van der Waals surface area (Å²) in [6, 6.07) is 1.55. The molecule has 0 aromatic heterocycles. The lowest BCUT2D eigenvalue weighted by Crippen LogP contribution is -2.12. The van der Waals surface area contributed by atoms with E-state index in [1.807, 2.05) is 0 Å². The Morgan fingerprint density at radius 2 is 2.15 bits per heavy atom. The van der Waals surface area contributed by atoms with E-state index in [-0.39, 0.29) is 24.5 Å². The van der Waals surface area contributed by atoms with Gasteiger partial charge in [-0.25, -0.2) is 4.39 Å². The number of nitrogens with one attached hydrogen (secondary N) is 1. The normalized spacial score (nSPS) is 9.90. The van der Waals surface area contributed by atoms with Crippen LogP contribution in [0.15, 0.2) is 12.1 Å². The predicted octanol–water partition coefficient (Wildman–Crippen LogP) is 1.55. The number of non-ortho nitro benzene ring substituents is 1. The lowest BCUT2D eigenvalue weighted by molar-refractivity contribution is -0.385. The number of carbonyl (C=O) groups is 2. The molecule has 8 nitrogen and oxygen atoms in total. The summed E-state index contributed by atoms with van der Waals surface area (Å²) >= 11 is 0. The van der Waals surface area contributed by atoms with Gasteiger partial charge >= 0.3 is 5.97 Å². The highest BCUT2D eigenvalue weighted by Crippen LogP contribution is 2.32. The van der Waals surface area contributed by atoms with Gasteiger partial charge in [-0.15, -0.1) is 0 Å². The number of halogens is 1. The first kappa shape index (κ1) is 15.3. The predicted molar refractivity (Wildman–Crippen MR) is 65.1 cm³/mol. The van der Waals surface area contributed by atoms with Crippen LogP contribution >= 0.6 is 0 Å². The van der Waals surface area contributed by atoms with E-state index < -0.39 is 28.3 Å². The Morgan fingerprint density at radius 3 is 2.65 bits per heavy atom. The van der Waals surface area contributed by atoms with Crippen molar-refractivity contribution in [2.24, 2.45) is 0 Å². The van der Waals surface area contributed by atoms with Crippen molar-refractivity contribution in [3.05, 3.63) is 28.1 Å². The lowest BCUT2D eigenvalue weighted by atomic mass is 10.2. The third kappa shape index (κ3) is 4.19. The minimum Gasteiger partial charge on any atom is -0.490 e. The van der Waals surface area contributed by atoms with E-state index in [1.54, 1.807) is 0 Å². The smallest absolute Gasteiger partial charge is 0.306 e. The molecular formula is C11H11FN2O6. The summed E-state index contributed by atoms with van der Waals surface area (Å²) in [4.78, 5) is 31.1. The van der Waals surface area contributed by atoms with E-state index in [0.29, 0.717) is 6.07 Å². The zero-order valence-electron chi connectivity index (χ0n) is 10.4. The first-order valence-electron chi connectivity index (χ1n) is 5.41. The van der Waals surface area contributed by atoms with Crippen LogP contribution in [0.5, 0.6) is 5.75 Å². The van der Waals surface area contributed by atoms with Gasteiger partial charge in [0.25, 0.3) is 5.69 Å². The van der Waals surface area contributed by atoms with Gasteiger partial charge in [0.2, 0.25) is 5.91 Å². The maximum Gasteiger partial charge on any atom is 0.306 e. The Labute approximate surface area is 112 Å². The van der Waals surface area contributed by atoms with E-state index in [9.17, 15) is 24.1 Å².